The van der Waals surface area contributed by atoms with Crippen molar-refractivity contribution in [1.82, 2.24) is 4.90 Å². The lowest BCUT2D eigenvalue weighted by Gasteiger charge is -2.27. The fourth-order valence-electron chi connectivity index (χ4n) is 2.00. The van der Waals surface area contributed by atoms with Gasteiger partial charge in [0.15, 0.2) is 0 Å². The Labute approximate surface area is 115 Å². The van der Waals surface area contributed by atoms with E-state index < -0.39 is 11.6 Å². The van der Waals surface area contributed by atoms with Crippen molar-refractivity contribution in [3.05, 3.63) is 0 Å². The van der Waals surface area contributed by atoms with Crippen molar-refractivity contribution in [2.24, 2.45) is 0 Å². The third-order valence-electron chi connectivity index (χ3n) is 2.79. The largest absolute Gasteiger partial charge is 0.458 e. The van der Waals surface area contributed by atoms with E-state index >= 15 is 0 Å². The molecule has 0 aromatic carbocycles. The van der Waals surface area contributed by atoms with Gasteiger partial charge in [-0.2, -0.15) is 0 Å². The van der Waals surface area contributed by atoms with Gasteiger partial charge in [0, 0.05) is 6.54 Å². The third kappa shape index (κ3) is 5.19. The Hall–Kier alpha value is -1.10. The summed E-state index contributed by atoms with van der Waals surface area (Å²) >= 11 is 0. The topological polar surface area (TPSA) is 55.8 Å². The van der Waals surface area contributed by atoms with E-state index in [1.54, 1.807) is 4.90 Å². The highest BCUT2D eigenvalue weighted by molar-refractivity contribution is 5.86. The maximum Gasteiger partial charge on any atom is 0.329 e. The molecule has 0 aromatic rings. The molecule has 0 aliphatic carbocycles. The zero-order chi connectivity index (χ0) is 14.6. The van der Waals surface area contributed by atoms with Gasteiger partial charge in [0.1, 0.15) is 18.2 Å². The highest BCUT2D eigenvalue weighted by Crippen LogP contribution is 2.21. The van der Waals surface area contributed by atoms with Gasteiger partial charge in [0.25, 0.3) is 0 Å². The van der Waals surface area contributed by atoms with Crippen molar-refractivity contribution in [2.75, 3.05) is 13.2 Å². The number of esters is 1. The molecule has 1 heterocycles. The van der Waals surface area contributed by atoms with Gasteiger partial charge >= 0.3 is 5.97 Å². The molecule has 0 saturated carbocycles. The molecule has 19 heavy (non-hydrogen) atoms. The zero-order valence-electron chi connectivity index (χ0n) is 12.6. The van der Waals surface area contributed by atoms with E-state index in [9.17, 15) is 9.59 Å². The first-order chi connectivity index (χ1) is 8.70. The molecule has 0 spiro atoms. The molecule has 0 aromatic heterocycles. The fraction of sp³-hybridized carbons (Fsp3) is 0.857. The van der Waals surface area contributed by atoms with E-state index in [0.717, 1.165) is 6.42 Å². The molecule has 0 unspecified atom stereocenters. The Morgan fingerprint density at radius 1 is 1.32 bits per heavy atom. The van der Waals surface area contributed by atoms with Crippen molar-refractivity contribution in [2.45, 2.75) is 65.2 Å². The quantitative estimate of drug-likeness (QED) is 0.731. The maximum absolute atomic E-state index is 12.1. The molecule has 0 radical (unpaired) electrons. The molecule has 0 N–H and O–H groups in total. The second-order valence-electron chi connectivity index (χ2n) is 6.14. The van der Waals surface area contributed by atoms with E-state index in [4.69, 9.17) is 9.47 Å². The zero-order valence-corrected chi connectivity index (χ0v) is 12.6. The lowest BCUT2D eigenvalue weighted by molar-refractivity contribution is -0.164. The van der Waals surface area contributed by atoms with Crippen LogP contribution in [0, 0.1) is 0 Å². The standard InChI is InChI=1S/C14H25NO4/c1-10(2)18-9-12(16)15-8-6-7-11(15)13(17)19-14(3,4)5/h10-11H,6-9H2,1-5H3/t11-/m1/s1. The minimum atomic E-state index is -0.525. The van der Waals surface area contributed by atoms with Crippen molar-refractivity contribution in [3.8, 4) is 0 Å². The SMILES string of the molecule is CC(C)OCC(=O)N1CCC[C@@H]1C(=O)OC(C)(C)C. The Morgan fingerprint density at radius 3 is 2.47 bits per heavy atom. The van der Waals surface area contributed by atoms with Crippen LogP contribution in [-0.2, 0) is 19.1 Å². The number of hydrogen-bond acceptors (Lipinski definition) is 4. The number of ether oxygens (including phenoxy) is 2. The second-order valence-corrected chi connectivity index (χ2v) is 6.14. The van der Waals surface area contributed by atoms with Crippen molar-refractivity contribution in [3.63, 3.8) is 0 Å². The highest BCUT2D eigenvalue weighted by atomic mass is 16.6. The van der Waals surface area contributed by atoms with Crippen LogP contribution in [0.15, 0.2) is 0 Å². The molecule has 5 heteroatoms. The van der Waals surface area contributed by atoms with Crippen molar-refractivity contribution >= 4 is 11.9 Å². The molecule has 1 atom stereocenters. The third-order valence-corrected chi connectivity index (χ3v) is 2.79. The van der Waals surface area contributed by atoms with Crippen LogP contribution in [0.2, 0.25) is 0 Å². The molecular weight excluding hydrogens is 246 g/mol. The van der Waals surface area contributed by atoms with Gasteiger partial charge in [-0.25, -0.2) is 4.79 Å². The highest BCUT2D eigenvalue weighted by Gasteiger charge is 2.36. The molecule has 1 amide bonds. The first-order valence-electron chi connectivity index (χ1n) is 6.84. The number of likely N-dealkylation sites (tertiary alicyclic amines) is 1. The van der Waals surface area contributed by atoms with Crippen LogP contribution >= 0.6 is 0 Å². The molecule has 1 rings (SSSR count). The van der Waals surface area contributed by atoms with Crippen LogP contribution in [0.5, 0.6) is 0 Å². The monoisotopic (exact) mass is 271 g/mol. The summed E-state index contributed by atoms with van der Waals surface area (Å²) in [5.41, 5.74) is -0.525. The van der Waals surface area contributed by atoms with Crippen LogP contribution < -0.4 is 0 Å². The minimum absolute atomic E-state index is 0.00605. The summed E-state index contributed by atoms with van der Waals surface area (Å²) in [5.74, 6) is -0.454. The Morgan fingerprint density at radius 2 is 1.95 bits per heavy atom. The Bertz CT molecular complexity index is 333. The number of rotatable bonds is 4. The number of nitrogens with zero attached hydrogens (tertiary/aromatic N) is 1. The van der Waals surface area contributed by atoms with E-state index in [0.29, 0.717) is 13.0 Å². The van der Waals surface area contributed by atoms with Crippen LogP contribution in [0.25, 0.3) is 0 Å². The van der Waals surface area contributed by atoms with Gasteiger partial charge in [-0.1, -0.05) is 0 Å². The van der Waals surface area contributed by atoms with Crippen LogP contribution in [0.3, 0.4) is 0 Å². The number of carbonyl (C=O) groups is 2. The molecule has 1 saturated heterocycles. The van der Waals surface area contributed by atoms with Crippen LogP contribution in [0.1, 0.15) is 47.5 Å². The summed E-state index contributed by atoms with van der Waals surface area (Å²) in [6.07, 6.45) is 1.51. The molecular formula is C14H25NO4. The van der Waals surface area contributed by atoms with E-state index in [-0.39, 0.29) is 24.6 Å². The number of hydrogen-bond donors (Lipinski definition) is 0. The molecule has 1 aliphatic rings. The lowest BCUT2D eigenvalue weighted by Crippen LogP contribution is -2.45. The summed E-state index contributed by atoms with van der Waals surface area (Å²) < 4.78 is 10.7. The summed E-state index contributed by atoms with van der Waals surface area (Å²) in [7, 11) is 0. The minimum Gasteiger partial charge on any atom is -0.458 e. The van der Waals surface area contributed by atoms with Gasteiger partial charge in [0.2, 0.25) is 5.91 Å². The fourth-order valence-corrected chi connectivity index (χ4v) is 2.00. The first-order valence-corrected chi connectivity index (χ1v) is 6.84. The predicted octanol–water partition coefficient (Wildman–Crippen LogP) is 1.74. The average Bonchev–Trinajstić information content (AvgIpc) is 2.72. The van der Waals surface area contributed by atoms with Gasteiger partial charge < -0.3 is 14.4 Å². The number of amides is 1. The Balaban J connectivity index is 2.58. The van der Waals surface area contributed by atoms with Gasteiger partial charge in [-0.15, -0.1) is 0 Å². The molecule has 5 nitrogen and oxygen atoms in total. The summed E-state index contributed by atoms with van der Waals surface area (Å²) in [4.78, 5) is 25.7. The molecule has 110 valence electrons. The average molecular weight is 271 g/mol. The smallest absolute Gasteiger partial charge is 0.329 e. The van der Waals surface area contributed by atoms with Gasteiger partial charge in [0.05, 0.1) is 6.10 Å². The molecule has 0 bridgehead atoms. The lowest BCUT2D eigenvalue weighted by atomic mass is 10.1. The van der Waals surface area contributed by atoms with Crippen LogP contribution in [-0.4, -0.2) is 47.7 Å². The van der Waals surface area contributed by atoms with E-state index in [2.05, 4.69) is 0 Å². The van der Waals surface area contributed by atoms with Gasteiger partial charge in [-0.3, -0.25) is 4.79 Å². The molecule has 1 fully saturated rings. The summed E-state index contributed by atoms with van der Waals surface area (Å²) in [6, 6.07) is -0.456. The normalized spacial score (nSPS) is 19.9. The summed E-state index contributed by atoms with van der Waals surface area (Å²) in [5, 5.41) is 0. The van der Waals surface area contributed by atoms with Crippen LogP contribution in [0.4, 0.5) is 0 Å². The van der Waals surface area contributed by atoms with E-state index in [1.165, 1.54) is 0 Å². The van der Waals surface area contributed by atoms with E-state index in [1.807, 2.05) is 34.6 Å². The van der Waals surface area contributed by atoms with Crippen molar-refractivity contribution in [1.29, 1.82) is 0 Å². The Kier molecular flexibility index (Phi) is 5.35. The first kappa shape index (κ1) is 16.0. The molecule has 1 aliphatic heterocycles. The van der Waals surface area contributed by atoms with Crippen molar-refractivity contribution < 1.29 is 19.1 Å². The number of carbonyl (C=O) groups excluding carboxylic acids is 2. The summed E-state index contributed by atoms with van der Waals surface area (Å²) in [6.45, 7) is 9.86. The van der Waals surface area contributed by atoms with Gasteiger partial charge in [-0.05, 0) is 47.5 Å². The maximum atomic E-state index is 12.1. The second kappa shape index (κ2) is 6.37. The predicted molar refractivity (Wildman–Crippen MR) is 71.7 cm³/mol.